The summed E-state index contributed by atoms with van der Waals surface area (Å²) in [5.41, 5.74) is 0.0429. The van der Waals surface area contributed by atoms with Crippen molar-refractivity contribution >= 4 is 23.5 Å². The highest BCUT2D eigenvalue weighted by Gasteiger charge is 2.34. The highest BCUT2D eigenvalue weighted by atomic mass is 19.2. The minimum atomic E-state index is -1.10. The van der Waals surface area contributed by atoms with Crippen molar-refractivity contribution in [2.24, 2.45) is 0 Å². The van der Waals surface area contributed by atoms with Crippen LogP contribution >= 0.6 is 0 Å². The molecule has 106 valence electrons. The predicted octanol–water partition coefficient (Wildman–Crippen LogP) is 0.797. The number of anilines is 1. The first-order chi connectivity index (χ1) is 9.38. The van der Waals surface area contributed by atoms with Crippen molar-refractivity contribution in [3.63, 3.8) is 0 Å². The van der Waals surface area contributed by atoms with Crippen LogP contribution in [0, 0.1) is 11.6 Å². The number of amides is 4. The number of nitrogens with zero attached hydrogens (tertiary/aromatic N) is 2. The molecule has 8 heteroatoms. The van der Waals surface area contributed by atoms with Crippen molar-refractivity contribution in [3.05, 3.63) is 29.8 Å². The zero-order valence-electron chi connectivity index (χ0n) is 10.5. The van der Waals surface area contributed by atoms with Crippen molar-refractivity contribution < 1.29 is 23.2 Å². The van der Waals surface area contributed by atoms with Crippen molar-refractivity contribution in [1.82, 2.24) is 9.80 Å². The summed E-state index contributed by atoms with van der Waals surface area (Å²) in [5, 5.41) is 2.28. The fourth-order valence-corrected chi connectivity index (χ4v) is 1.74. The highest BCUT2D eigenvalue weighted by Crippen LogP contribution is 2.13. The maximum atomic E-state index is 13.0. The van der Waals surface area contributed by atoms with Crippen LogP contribution in [0.15, 0.2) is 18.2 Å². The molecule has 1 aromatic rings. The molecule has 2 rings (SSSR count). The molecule has 0 spiro atoms. The highest BCUT2D eigenvalue weighted by molar-refractivity contribution is 6.06. The lowest BCUT2D eigenvalue weighted by Gasteiger charge is -2.13. The third kappa shape index (κ3) is 2.73. The Hall–Kier alpha value is -2.51. The van der Waals surface area contributed by atoms with Gasteiger partial charge in [0.2, 0.25) is 5.91 Å². The molecule has 0 saturated carbocycles. The largest absolute Gasteiger partial charge is 0.327 e. The molecule has 20 heavy (non-hydrogen) atoms. The van der Waals surface area contributed by atoms with Gasteiger partial charge in [-0.15, -0.1) is 0 Å². The molecule has 4 amide bonds. The second-order valence-corrected chi connectivity index (χ2v) is 4.30. The minimum absolute atomic E-state index is 0.0429. The number of urea groups is 1. The zero-order chi connectivity index (χ0) is 14.9. The first-order valence-electron chi connectivity index (χ1n) is 5.69. The van der Waals surface area contributed by atoms with E-state index in [-0.39, 0.29) is 12.2 Å². The Bertz CT molecular complexity index is 591. The molecule has 1 N–H and O–H groups in total. The fraction of sp³-hybridized carbons (Fsp3) is 0.250. The van der Waals surface area contributed by atoms with Crippen LogP contribution < -0.4 is 5.32 Å². The maximum Gasteiger partial charge on any atom is 0.327 e. The van der Waals surface area contributed by atoms with Gasteiger partial charge in [0, 0.05) is 18.8 Å². The summed E-state index contributed by atoms with van der Waals surface area (Å²) in [7, 11) is 1.44. The van der Waals surface area contributed by atoms with Crippen LogP contribution in [0.2, 0.25) is 0 Å². The molecule has 0 aliphatic carbocycles. The first-order valence-corrected chi connectivity index (χ1v) is 5.69. The van der Waals surface area contributed by atoms with Crippen molar-refractivity contribution in [2.75, 3.05) is 25.5 Å². The molecule has 0 bridgehead atoms. The Kier molecular flexibility index (Phi) is 3.64. The molecular formula is C12H11F2N3O3. The Labute approximate surface area is 113 Å². The van der Waals surface area contributed by atoms with Gasteiger partial charge in [-0.3, -0.25) is 14.5 Å². The molecule has 1 aliphatic heterocycles. The standard InChI is InChI=1S/C12H11F2N3O3/c1-16-6-11(19)17(12(16)20)5-10(18)15-7-2-3-8(13)9(14)4-7/h2-4H,5-6H2,1H3,(H,15,18). The molecule has 0 radical (unpaired) electrons. The third-order valence-electron chi connectivity index (χ3n) is 2.74. The Morgan fingerprint density at radius 2 is 2.00 bits per heavy atom. The number of hydrogen-bond donors (Lipinski definition) is 1. The summed E-state index contributed by atoms with van der Waals surface area (Å²) in [6.45, 7) is -0.557. The van der Waals surface area contributed by atoms with Gasteiger partial charge in [-0.2, -0.15) is 0 Å². The summed E-state index contributed by atoms with van der Waals surface area (Å²) in [4.78, 5) is 36.6. The Balaban J connectivity index is 2.00. The first kappa shape index (κ1) is 13.9. The van der Waals surface area contributed by atoms with Crippen LogP contribution in [0.1, 0.15) is 0 Å². The minimum Gasteiger partial charge on any atom is -0.324 e. The van der Waals surface area contributed by atoms with Crippen LogP contribution in [-0.4, -0.2) is 47.8 Å². The van der Waals surface area contributed by atoms with E-state index in [1.807, 2.05) is 0 Å². The second-order valence-electron chi connectivity index (χ2n) is 4.30. The van der Waals surface area contributed by atoms with Crippen LogP contribution in [0.3, 0.4) is 0 Å². The molecule has 0 aromatic heterocycles. The normalized spacial score (nSPS) is 14.9. The molecular weight excluding hydrogens is 272 g/mol. The van der Waals surface area contributed by atoms with E-state index in [0.29, 0.717) is 0 Å². The smallest absolute Gasteiger partial charge is 0.324 e. The van der Waals surface area contributed by atoms with Crippen LogP contribution in [-0.2, 0) is 9.59 Å². The Morgan fingerprint density at radius 1 is 1.30 bits per heavy atom. The van der Waals surface area contributed by atoms with E-state index in [4.69, 9.17) is 0 Å². The number of benzene rings is 1. The lowest BCUT2D eigenvalue weighted by molar-refractivity contribution is -0.129. The summed E-state index contributed by atoms with van der Waals surface area (Å²) < 4.78 is 25.7. The van der Waals surface area contributed by atoms with Gasteiger partial charge in [0.25, 0.3) is 5.91 Å². The molecule has 0 atom stereocenters. The molecule has 0 unspecified atom stereocenters. The number of likely N-dealkylation sites (N-methyl/N-ethyl adjacent to an activating group) is 1. The zero-order valence-corrected chi connectivity index (χ0v) is 10.5. The van der Waals surface area contributed by atoms with E-state index in [1.165, 1.54) is 18.0 Å². The summed E-state index contributed by atoms with van der Waals surface area (Å²) in [6, 6.07) is 2.28. The number of carbonyl (C=O) groups excluding carboxylic acids is 3. The molecule has 1 saturated heterocycles. The van der Waals surface area contributed by atoms with Gasteiger partial charge in [0.15, 0.2) is 11.6 Å². The van der Waals surface area contributed by atoms with E-state index < -0.39 is 36.0 Å². The molecule has 6 nitrogen and oxygen atoms in total. The summed E-state index contributed by atoms with van der Waals surface area (Å²) in [6.07, 6.45) is 0. The lowest BCUT2D eigenvalue weighted by atomic mass is 10.3. The Morgan fingerprint density at radius 3 is 2.55 bits per heavy atom. The van der Waals surface area contributed by atoms with Gasteiger partial charge in [-0.05, 0) is 12.1 Å². The maximum absolute atomic E-state index is 13.0. The predicted molar refractivity (Wildman–Crippen MR) is 64.7 cm³/mol. The van der Waals surface area contributed by atoms with Crippen molar-refractivity contribution in [3.8, 4) is 0 Å². The monoisotopic (exact) mass is 283 g/mol. The lowest BCUT2D eigenvalue weighted by Crippen LogP contribution is -2.38. The fourth-order valence-electron chi connectivity index (χ4n) is 1.74. The van der Waals surface area contributed by atoms with Gasteiger partial charge >= 0.3 is 6.03 Å². The molecule has 1 fully saturated rings. The van der Waals surface area contributed by atoms with E-state index >= 15 is 0 Å². The number of nitrogens with one attached hydrogen (secondary N) is 1. The van der Waals surface area contributed by atoms with Crippen LogP contribution in [0.25, 0.3) is 0 Å². The van der Waals surface area contributed by atoms with Gasteiger partial charge < -0.3 is 10.2 Å². The third-order valence-corrected chi connectivity index (χ3v) is 2.74. The second kappa shape index (κ2) is 5.24. The van der Waals surface area contributed by atoms with Crippen LogP contribution in [0.5, 0.6) is 0 Å². The number of hydrogen-bond acceptors (Lipinski definition) is 3. The molecule has 1 aliphatic rings. The van der Waals surface area contributed by atoms with E-state index in [0.717, 1.165) is 17.0 Å². The van der Waals surface area contributed by atoms with Crippen molar-refractivity contribution in [2.45, 2.75) is 0 Å². The van der Waals surface area contributed by atoms with Crippen molar-refractivity contribution in [1.29, 1.82) is 0 Å². The average molecular weight is 283 g/mol. The van der Waals surface area contributed by atoms with E-state index in [1.54, 1.807) is 0 Å². The van der Waals surface area contributed by atoms with E-state index in [9.17, 15) is 23.2 Å². The quantitative estimate of drug-likeness (QED) is 0.834. The number of rotatable bonds is 3. The molecule has 1 aromatic carbocycles. The number of imide groups is 1. The summed E-state index contributed by atoms with van der Waals surface area (Å²) >= 11 is 0. The van der Waals surface area contributed by atoms with Gasteiger partial charge in [0.05, 0.1) is 0 Å². The van der Waals surface area contributed by atoms with Gasteiger partial charge in [-0.1, -0.05) is 0 Å². The number of halogens is 2. The SMILES string of the molecule is CN1CC(=O)N(CC(=O)Nc2ccc(F)c(F)c2)C1=O. The number of carbonyl (C=O) groups is 3. The van der Waals surface area contributed by atoms with Gasteiger partial charge in [-0.25, -0.2) is 13.6 Å². The summed E-state index contributed by atoms with van der Waals surface area (Å²) in [5.74, 6) is -3.30. The average Bonchev–Trinajstić information content (AvgIpc) is 2.61. The molecule has 1 heterocycles. The van der Waals surface area contributed by atoms with Gasteiger partial charge in [0.1, 0.15) is 13.1 Å². The topological polar surface area (TPSA) is 69.7 Å². The van der Waals surface area contributed by atoms with Crippen LogP contribution in [0.4, 0.5) is 19.3 Å². The van der Waals surface area contributed by atoms with E-state index in [2.05, 4.69) is 5.32 Å².